The van der Waals surface area contributed by atoms with Gasteiger partial charge in [0.15, 0.2) is 0 Å². The number of thioether (sulfide) groups is 1. The monoisotopic (exact) mass is 225 g/mol. The van der Waals surface area contributed by atoms with Crippen molar-refractivity contribution in [2.45, 2.75) is 26.0 Å². The number of pyridine rings is 1. The molecule has 0 unspecified atom stereocenters. The van der Waals surface area contributed by atoms with Crippen LogP contribution in [-0.2, 0) is 5.75 Å². The van der Waals surface area contributed by atoms with Gasteiger partial charge >= 0.3 is 0 Å². The van der Waals surface area contributed by atoms with Gasteiger partial charge in [-0.05, 0) is 29.7 Å². The first-order valence-corrected chi connectivity index (χ1v) is 6.37. The molecule has 0 spiro atoms. The summed E-state index contributed by atoms with van der Waals surface area (Å²) in [6, 6.07) is 3.96. The maximum Gasteiger partial charge on any atom is 0.139 e. The van der Waals surface area contributed by atoms with Crippen LogP contribution >= 0.6 is 11.8 Å². The molecule has 3 N–H and O–H groups in total. The molecule has 0 saturated heterocycles. The van der Waals surface area contributed by atoms with E-state index < -0.39 is 0 Å². The van der Waals surface area contributed by atoms with Gasteiger partial charge in [-0.25, -0.2) is 10.8 Å². The number of rotatable bonds is 6. The van der Waals surface area contributed by atoms with Gasteiger partial charge < -0.3 is 5.43 Å². The van der Waals surface area contributed by atoms with Crippen LogP contribution in [0.15, 0.2) is 18.3 Å². The van der Waals surface area contributed by atoms with E-state index >= 15 is 0 Å². The normalized spacial score (nSPS) is 10.7. The second-order valence-corrected chi connectivity index (χ2v) is 5.04. The Bertz CT molecular complexity index is 272. The summed E-state index contributed by atoms with van der Waals surface area (Å²) in [7, 11) is 0. The molecule has 1 heterocycles. The summed E-state index contributed by atoms with van der Waals surface area (Å²) in [5.74, 6) is 8.99. The Hall–Kier alpha value is -0.740. The van der Waals surface area contributed by atoms with Crippen LogP contribution in [0.2, 0.25) is 0 Å². The van der Waals surface area contributed by atoms with E-state index in [9.17, 15) is 0 Å². The molecule has 1 aromatic rings. The fourth-order valence-corrected chi connectivity index (χ4v) is 2.29. The molecule has 84 valence electrons. The number of aromatic nitrogens is 1. The van der Waals surface area contributed by atoms with Gasteiger partial charge in [0, 0.05) is 11.9 Å². The van der Waals surface area contributed by atoms with E-state index in [0.29, 0.717) is 5.82 Å². The second-order valence-electron chi connectivity index (χ2n) is 3.93. The first kappa shape index (κ1) is 12.3. The Morgan fingerprint density at radius 3 is 2.80 bits per heavy atom. The van der Waals surface area contributed by atoms with E-state index in [2.05, 4.69) is 30.3 Å². The number of nitrogens with one attached hydrogen (secondary N) is 1. The molecule has 0 aliphatic carbocycles. The summed E-state index contributed by atoms with van der Waals surface area (Å²) >= 11 is 1.96. The van der Waals surface area contributed by atoms with Crippen LogP contribution in [0.1, 0.15) is 25.8 Å². The number of hydrogen-bond donors (Lipinski definition) is 2. The van der Waals surface area contributed by atoms with Crippen molar-refractivity contribution in [3.05, 3.63) is 23.9 Å². The minimum absolute atomic E-state index is 0.714. The molecule has 0 aliphatic heterocycles. The van der Waals surface area contributed by atoms with Crippen LogP contribution in [0.3, 0.4) is 0 Å². The average Bonchev–Trinajstić information content (AvgIpc) is 2.25. The molecule has 0 aromatic carbocycles. The van der Waals surface area contributed by atoms with Crippen LogP contribution in [0.5, 0.6) is 0 Å². The van der Waals surface area contributed by atoms with Gasteiger partial charge in [0.25, 0.3) is 0 Å². The maximum absolute atomic E-state index is 5.24. The molecule has 0 bridgehead atoms. The largest absolute Gasteiger partial charge is 0.308 e. The number of anilines is 1. The van der Waals surface area contributed by atoms with Crippen molar-refractivity contribution in [3.63, 3.8) is 0 Å². The summed E-state index contributed by atoms with van der Waals surface area (Å²) in [4.78, 5) is 4.16. The highest BCUT2D eigenvalue weighted by atomic mass is 32.2. The average molecular weight is 225 g/mol. The first-order valence-electron chi connectivity index (χ1n) is 5.21. The number of nitrogen functional groups attached to an aromatic ring is 1. The van der Waals surface area contributed by atoms with Gasteiger partial charge in [0.2, 0.25) is 0 Å². The lowest BCUT2D eigenvalue weighted by atomic mass is 10.2. The fourth-order valence-electron chi connectivity index (χ4n) is 1.10. The fraction of sp³-hybridized carbons (Fsp3) is 0.545. The van der Waals surface area contributed by atoms with Crippen molar-refractivity contribution in [1.82, 2.24) is 4.98 Å². The Morgan fingerprint density at radius 1 is 1.47 bits per heavy atom. The van der Waals surface area contributed by atoms with Crippen LogP contribution in [0, 0.1) is 5.92 Å². The molecule has 0 saturated carbocycles. The van der Waals surface area contributed by atoms with Gasteiger partial charge in [-0.15, -0.1) is 0 Å². The van der Waals surface area contributed by atoms with E-state index in [1.165, 1.54) is 17.7 Å². The lowest BCUT2D eigenvalue weighted by molar-refractivity contribution is 0.632. The third-order valence-corrected chi connectivity index (χ3v) is 3.14. The smallest absolute Gasteiger partial charge is 0.139 e. The van der Waals surface area contributed by atoms with Crippen molar-refractivity contribution in [2.75, 3.05) is 11.2 Å². The Morgan fingerprint density at radius 2 is 2.27 bits per heavy atom. The number of hydrogen-bond acceptors (Lipinski definition) is 4. The third kappa shape index (κ3) is 5.04. The molecule has 0 radical (unpaired) electrons. The van der Waals surface area contributed by atoms with Crippen molar-refractivity contribution >= 4 is 17.6 Å². The van der Waals surface area contributed by atoms with Gasteiger partial charge in [-0.1, -0.05) is 19.9 Å². The zero-order chi connectivity index (χ0) is 11.1. The van der Waals surface area contributed by atoms with E-state index in [0.717, 1.165) is 11.7 Å². The van der Waals surface area contributed by atoms with E-state index in [1.54, 1.807) is 0 Å². The van der Waals surface area contributed by atoms with E-state index in [4.69, 9.17) is 5.84 Å². The molecule has 1 rings (SSSR count). The predicted octanol–water partition coefficient (Wildman–Crippen LogP) is 2.65. The molecule has 0 atom stereocenters. The Labute approximate surface area is 95.8 Å². The minimum atomic E-state index is 0.714. The lowest BCUT2D eigenvalue weighted by Crippen LogP contribution is -2.08. The second kappa shape index (κ2) is 6.69. The lowest BCUT2D eigenvalue weighted by Gasteiger charge is -2.05. The number of hydrazine groups is 1. The highest BCUT2D eigenvalue weighted by Crippen LogP contribution is 2.15. The topological polar surface area (TPSA) is 50.9 Å². The Kier molecular flexibility index (Phi) is 5.50. The quantitative estimate of drug-likeness (QED) is 0.444. The predicted molar refractivity (Wildman–Crippen MR) is 67.7 cm³/mol. The molecule has 4 heteroatoms. The van der Waals surface area contributed by atoms with E-state index in [-0.39, 0.29) is 0 Å². The standard InChI is InChI=1S/C11H19N3S/c1-9(2)5-6-15-8-10-3-4-11(14-12)13-7-10/h3-4,7,9H,5-6,8,12H2,1-2H3,(H,13,14). The summed E-state index contributed by atoms with van der Waals surface area (Å²) < 4.78 is 0. The van der Waals surface area contributed by atoms with Crippen molar-refractivity contribution in [1.29, 1.82) is 0 Å². The van der Waals surface area contributed by atoms with Gasteiger partial charge in [0.1, 0.15) is 5.82 Å². The molecule has 0 amide bonds. The van der Waals surface area contributed by atoms with Gasteiger partial charge in [-0.2, -0.15) is 11.8 Å². The molecule has 15 heavy (non-hydrogen) atoms. The van der Waals surface area contributed by atoms with Crippen LogP contribution in [0.25, 0.3) is 0 Å². The highest BCUT2D eigenvalue weighted by molar-refractivity contribution is 7.98. The SMILES string of the molecule is CC(C)CCSCc1ccc(NN)nc1. The zero-order valence-corrected chi connectivity index (χ0v) is 10.2. The summed E-state index contributed by atoms with van der Waals surface area (Å²) in [6.45, 7) is 4.51. The Balaban J connectivity index is 2.25. The van der Waals surface area contributed by atoms with Crippen molar-refractivity contribution in [3.8, 4) is 0 Å². The third-order valence-electron chi connectivity index (χ3n) is 2.08. The van der Waals surface area contributed by atoms with Crippen LogP contribution in [0.4, 0.5) is 5.82 Å². The summed E-state index contributed by atoms with van der Waals surface area (Å²) in [6.07, 6.45) is 3.15. The maximum atomic E-state index is 5.24. The summed E-state index contributed by atoms with van der Waals surface area (Å²) in [5, 5.41) is 0. The zero-order valence-electron chi connectivity index (χ0n) is 9.36. The molecule has 1 aromatic heterocycles. The van der Waals surface area contributed by atoms with Crippen molar-refractivity contribution in [2.24, 2.45) is 11.8 Å². The minimum Gasteiger partial charge on any atom is -0.308 e. The van der Waals surface area contributed by atoms with Gasteiger partial charge in [0.05, 0.1) is 0 Å². The van der Waals surface area contributed by atoms with Crippen LogP contribution in [-0.4, -0.2) is 10.7 Å². The van der Waals surface area contributed by atoms with Gasteiger partial charge in [-0.3, -0.25) is 0 Å². The van der Waals surface area contributed by atoms with Crippen LogP contribution < -0.4 is 11.3 Å². The first-order chi connectivity index (χ1) is 7.22. The molecule has 0 fully saturated rings. The molecular formula is C11H19N3S. The number of nitrogens with zero attached hydrogens (tertiary/aromatic N) is 1. The van der Waals surface area contributed by atoms with Crippen molar-refractivity contribution < 1.29 is 0 Å². The molecular weight excluding hydrogens is 206 g/mol. The van der Waals surface area contributed by atoms with E-state index in [1.807, 2.05) is 24.0 Å². The summed E-state index contributed by atoms with van der Waals surface area (Å²) in [5.41, 5.74) is 3.77. The molecule has 0 aliphatic rings. The number of nitrogens with two attached hydrogens (primary N) is 1. The highest BCUT2D eigenvalue weighted by Gasteiger charge is 1.97. The molecule has 3 nitrogen and oxygen atoms in total.